The molecule has 1 aliphatic rings. The minimum Gasteiger partial charge on any atom is -0.337 e. The number of rotatable bonds is 2. The third-order valence-corrected chi connectivity index (χ3v) is 3.05. The van der Waals surface area contributed by atoms with E-state index in [-0.39, 0.29) is 0 Å². The van der Waals surface area contributed by atoms with Crippen LogP contribution in [0.4, 0.5) is 0 Å². The third-order valence-electron chi connectivity index (χ3n) is 2.36. The molecule has 0 saturated heterocycles. The fraction of sp³-hybridized carbons (Fsp3) is 0.444. The first kappa shape index (κ1) is 9.03. The maximum Gasteiger partial charge on any atom is 0.174 e. The zero-order valence-electron chi connectivity index (χ0n) is 7.14. The van der Waals surface area contributed by atoms with E-state index < -0.39 is 0 Å². The van der Waals surface area contributed by atoms with Crippen molar-refractivity contribution in [2.24, 2.45) is 5.92 Å². The van der Waals surface area contributed by atoms with Gasteiger partial charge in [-0.25, -0.2) is 0 Å². The summed E-state index contributed by atoms with van der Waals surface area (Å²) >= 11 is 11.0. The highest BCUT2D eigenvalue weighted by atomic mass is 35.5. The minimum atomic E-state index is 0.489. The first-order chi connectivity index (χ1) is 6.25. The summed E-state index contributed by atoms with van der Waals surface area (Å²) in [6, 6.07) is 0. The number of halogens is 1. The summed E-state index contributed by atoms with van der Waals surface area (Å²) in [4.78, 5) is 6.05. The predicted molar refractivity (Wildman–Crippen MR) is 56.3 cm³/mol. The van der Waals surface area contributed by atoms with E-state index in [9.17, 15) is 0 Å². The van der Waals surface area contributed by atoms with E-state index in [0.29, 0.717) is 10.7 Å². The van der Waals surface area contributed by atoms with Crippen LogP contribution in [0.3, 0.4) is 0 Å². The number of allylic oxidation sites excluding steroid dienone is 2. The number of aromatic amines is 2. The molecule has 1 aliphatic carbocycles. The minimum absolute atomic E-state index is 0.489. The molecule has 13 heavy (non-hydrogen) atoms. The predicted octanol–water partition coefficient (Wildman–Crippen LogP) is 3.15. The molecule has 70 valence electrons. The van der Waals surface area contributed by atoms with Crippen LogP contribution in [0.15, 0.2) is 17.3 Å². The maximum absolute atomic E-state index is 6.05. The molecule has 0 saturated carbocycles. The summed E-state index contributed by atoms with van der Waals surface area (Å²) in [5, 5.41) is 1.00. The fourth-order valence-corrected chi connectivity index (χ4v) is 2.16. The van der Waals surface area contributed by atoms with Crippen LogP contribution in [0.2, 0.25) is 0 Å². The van der Waals surface area contributed by atoms with Crippen LogP contribution < -0.4 is 0 Å². The molecule has 0 aliphatic heterocycles. The van der Waals surface area contributed by atoms with Gasteiger partial charge in [-0.3, -0.25) is 0 Å². The van der Waals surface area contributed by atoms with E-state index in [1.807, 2.05) is 6.20 Å². The van der Waals surface area contributed by atoms with Crippen molar-refractivity contribution in [2.45, 2.75) is 19.3 Å². The van der Waals surface area contributed by atoms with Gasteiger partial charge in [-0.1, -0.05) is 17.7 Å². The normalized spacial score (nSPS) is 21.9. The largest absolute Gasteiger partial charge is 0.337 e. The third kappa shape index (κ3) is 2.03. The van der Waals surface area contributed by atoms with Gasteiger partial charge in [0.25, 0.3) is 0 Å². The van der Waals surface area contributed by atoms with Crippen molar-refractivity contribution < 1.29 is 0 Å². The molecule has 1 heterocycles. The van der Waals surface area contributed by atoms with Crippen molar-refractivity contribution in [3.63, 3.8) is 0 Å². The topological polar surface area (TPSA) is 31.6 Å². The second-order valence-electron chi connectivity index (χ2n) is 3.34. The lowest BCUT2D eigenvalue weighted by Crippen LogP contribution is -2.00. The number of hydrogen-bond donors (Lipinski definition) is 2. The molecule has 0 amide bonds. The smallest absolute Gasteiger partial charge is 0.174 e. The molecule has 1 unspecified atom stereocenters. The van der Waals surface area contributed by atoms with Crippen molar-refractivity contribution in [1.29, 1.82) is 0 Å². The Labute approximate surface area is 87.0 Å². The SMILES string of the molecule is S=c1[nH]cc(CC2CCC=C2Cl)[nH]1. The van der Waals surface area contributed by atoms with Gasteiger partial charge < -0.3 is 9.97 Å². The van der Waals surface area contributed by atoms with Crippen LogP contribution in [-0.2, 0) is 6.42 Å². The van der Waals surface area contributed by atoms with E-state index in [4.69, 9.17) is 23.8 Å². The second kappa shape index (κ2) is 3.68. The molecule has 0 radical (unpaired) electrons. The van der Waals surface area contributed by atoms with E-state index in [1.54, 1.807) is 0 Å². The molecule has 1 atom stereocenters. The Balaban J connectivity index is 2.06. The summed E-state index contributed by atoms with van der Waals surface area (Å²) in [6.45, 7) is 0. The van der Waals surface area contributed by atoms with Crippen LogP contribution in [0.5, 0.6) is 0 Å². The standard InChI is InChI=1S/C9H11ClN2S/c10-8-3-1-2-6(8)4-7-5-11-9(13)12-7/h3,5-6H,1-2,4H2,(H2,11,12,13). The fourth-order valence-electron chi connectivity index (χ4n) is 1.67. The Morgan fingerprint density at radius 1 is 1.62 bits per heavy atom. The van der Waals surface area contributed by atoms with Crippen molar-refractivity contribution >= 4 is 23.8 Å². The number of H-pyrrole nitrogens is 2. The monoisotopic (exact) mass is 214 g/mol. The van der Waals surface area contributed by atoms with E-state index in [2.05, 4.69) is 16.0 Å². The van der Waals surface area contributed by atoms with Gasteiger partial charge in [-0.05, 0) is 31.5 Å². The van der Waals surface area contributed by atoms with Crippen LogP contribution in [-0.4, -0.2) is 9.97 Å². The average molecular weight is 215 g/mol. The molecule has 1 aromatic heterocycles. The zero-order valence-corrected chi connectivity index (χ0v) is 8.71. The Morgan fingerprint density at radius 2 is 2.46 bits per heavy atom. The Bertz CT molecular complexity index is 377. The molecule has 2 nitrogen and oxygen atoms in total. The molecule has 0 aromatic carbocycles. The number of imidazole rings is 1. The maximum atomic E-state index is 6.05. The van der Waals surface area contributed by atoms with Crippen LogP contribution in [0.25, 0.3) is 0 Å². The lowest BCUT2D eigenvalue weighted by molar-refractivity contribution is 0.613. The van der Waals surface area contributed by atoms with Gasteiger partial charge in [0.05, 0.1) is 0 Å². The van der Waals surface area contributed by atoms with Crippen LogP contribution in [0.1, 0.15) is 18.5 Å². The van der Waals surface area contributed by atoms with E-state index >= 15 is 0 Å². The molecule has 2 N–H and O–H groups in total. The highest BCUT2D eigenvalue weighted by Crippen LogP contribution is 2.30. The second-order valence-corrected chi connectivity index (χ2v) is 4.18. The summed E-state index contributed by atoms with van der Waals surface area (Å²) < 4.78 is 0.688. The van der Waals surface area contributed by atoms with Crippen molar-refractivity contribution in [2.75, 3.05) is 0 Å². The van der Waals surface area contributed by atoms with Crippen molar-refractivity contribution in [3.05, 3.63) is 27.8 Å². The molecular weight excluding hydrogens is 204 g/mol. The number of hydrogen-bond acceptors (Lipinski definition) is 1. The van der Waals surface area contributed by atoms with Gasteiger partial charge in [0.15, 0.2) is 4.77 Å². The van der Waals surface area contributed by atoms with E-state index in [0.717, 1.165) is 30.0 Å². The molecule has 0 fully saturated rings. The first-order valence-electron chi connectivity index (χ1n) is 4.38. The van der Waals surface area contributed by atoms with Gasteiger partial charge in [0.2, 0.25) is 0 Å². The van der Waals surface area contributed by atoms with Gasteiger partial charge in [-0.15, -0.1) is 0 Å². The van der Waals surface area contributed by atoms with Crippen molar-refractivity contribution in [1.82, 2.24) is 9.97 Å². The average Bonchev–Trinajstić information content (AvgIpc) is 2.64. The van der Waals surface area contributed by atoms with Gasteiger partial charge >= 0.3 is 0 Å². The van der Waals surface area contributed by atoms with Crippen molar-refractivity contribution in [3.8, 4) is 0 Å². The lowest BCUT2D eigenvalue weighted by Gasteiger charge is -2.07. The molecule has 0 bridgehead atoms. The summed E-state index contributed by atoms with van der Waals surface area (Å²) in [6.07, 6.45) is 7.25. The Morgan fingerprint density at radius 3 is 3.00 bits per heavy atom. The highest BCUT2D eigenvalue weighted by Gasteiger charge is 2.18. The quantitative estimate of drug-likeness (QED) is 0.729. The summed E-state index contributed by atoms with van der Waals surface area (Å²) in [7, 11) is 0. The highest BCUT2D eigenvalue weighted by molar-refractivity contribution is 7.71. The molecule has 2 rings (SSSR count). The Kier molecular flexibility index (Phi) is 2.56. The molecule has 4 heteroatoms. The number of nitrogens with one attached hydrogen (secondary N) is 2. The van der Waals surface area contributed by atoms with Gasteiger partial charge in [0.1, 0.15) is 0 Å². The van der Waals surface area contributed by atoms with Gasteiger partial charge in [-0.2, -0.15) is 0 Å². The van der Waals surface area contributed by atoms with Crippen LogP contribution >= 0.6 is 23.8 Å². The molecular formula is C9H11ClN2S. The lowest BCUT2D eigenvalue weighted by atomic mass is 10.0. The Hall–Kier alpha value is -0.540. The summed E-state index contributed by atoms with van der Waals surface area (Å²) in [5.74, 6) is 0.489. The molecule has 1 aromatic rings. The number of aromatic nitrogens is 2. The van der Waals surface area contributed by atoms with Gasteiger partial charge in [0, 0.05) is 22.8 Å². The molecule has 0 spiro atoms. The van der Waals surface area contributed by atoms with Crippen LogP contribution in [0, 0.1) is 10.7 Å². The first-order valence-corrected chi connectivity index (χ1v) is 5.16. The zero-order chi connectivity index (χ0) is 9.26. The van der Waals surface area contributed by atoms with E-state index in [1.165, 1.54) is 0 Å². The summed E-state index contributed by atoms with van der Waals surface area (Å²) in [5.41, 5.74) is 1.14.